The average Bonchev–Trinajstić information content (AvgIpc) is 3.03. The van der Waals surface area contributed by atoms with E-state index in [0.29, 0.717) is 17.9 Å². The van der Waals surface area contributed by atoms with E-state index in [1.165, 1.54) is 24.3 Å². The second kappa shape index (κ2) is 16.3. The van der Waals surface area contributed by atoms with Gasteiger partial charge in [0.2, 0.25) is 5.75 Å². The van der Waals surface area contributed by atoms with Gasteiger partial charge in [0.1, 0.15) is 31.0 Å². The van der Waals surface area contributed by atoms with Crippen LogP contribution in [0.15, 0.2) is 84.0 Å². The molecule has 0 amide bonds. The number of rotatable bonds is 15. The summed E-state index contributed by atoms with van der Waals surface area (Å²) in [5, 5.41) is 17.0. The molecule has 0 saturated carbocycles. The van der Waals surface area contributed by atoms with Crippen LogP contribution in [-0.2, 0) is 43.0 Å². The molecule has 0 aliphatic rings. The van der Waals surface area contributed by atoms with Gasteiger partial charge in [-0.2, -0.15) is 4.98 Å². The Balaban J connectivity index is 1.48. The van der Waals surface area contributed by atoms with Crippen LogP contribution in [0.3, 0.4) is 0 Å². The van der Waals surface area contributed by atoms with Crippen molar-refractivity contribution < 1.29 is 52.1 Å². The third-order valence-electron chi connectivity index (χ3n) is 6.45. The maximum atomic E-state index is 13.4. The molecule has 3 aromatic carbocycles. The Hall–Kier alpha value is -4.84. The van der Waals surface area contributed by atoms with Gasteiger partial charge in [-0.15, -0.1) is 0 Å². The molecule has 0 unspecified atom stereocenters. The highest BCUT2D eigenvalue weighted by Gasteiger charge is 2.23. The predicted molar refractivity (Wildman–Crippen MR) is 169 cm³/mol. The lowest BCUT2D eigenvalue weighted by atomic mass is 9.87. The Morgan fingerprint density at radius 1 is 0.896 bits per heavy atom. The van der Waals surface area contributed by atoms with Gasteiger partial charge in [0, 0.05) is 7.11 Å². The first-order valence-corrected chi connectivity index (χ1v) is 15.9. The molecule has 256 valence electrons. The van der Waals surface area contributed by atoms with Crippen LogP contribution in [-0.4, -0.2) is 60.7 Å². The van der Waals surface area contributed by atoms with Gasteiger partial charge < -0.3 is 23.7 Å². The summed E-state index contributed by atoms with van der Waals surface area (Å²) < 4.78 is 56.5. The number of ether oxygens (including phenoxy) is 5. The van der Waals surface area contributed by atoms with Gasteiger partial charge in [-0.25, -0.2) is 23.0 Å². The van der Waals surface area contributed by atoms with Gasteiger partial charge in [0.15, 0.2) is 5.82 Å². The molecule has 3 N–H and O–H groups in total. The maximum absolute atomic E-state index is 13.4. The molecule has 0 saturated heterocycles. The van der Waals surface area contributed by atoms with Crippen molar-refractivity contribution in [1.29, 1.82) is 0 Å². The Bertz CT molecular complexity index is 1780. The zero-order valence-electron chi connectivity index (χ0n) is 26.7. The van der Waals surface area contributed by atoms with Crippen LogP contribution in [0.1, 0.15) is 37.5 Å². The number of hydrogen-bond donors (Lipinski definition) is 3. The number of carbonyl (C=O) groups excluding carboxylic acids is 1. The van der Waals surface area contributed by atoms with E-state index in [1.54, 1.807) is 49.6 Å². The van der Waals surface area contributed by atoms with Crippen LogP contribution in [0.5, 0.6) is 23.1 Å². The number of anilines is 1. The number of hydrogen-bond acceptors (Lipinski definition) is 14. The molecule has 0 atom stereocenters. The lowest BCUT2D eigenvalue weighted by Crippen LogP contribution is -2.18. The SMILES string of the molecule is COCc1cccc(Oc2c(NS(=O)(=O)c3ccc(C(C)(C)C)cc3)ncnc2OCCOC(=O)Oc2cccc(CON(O)O)c2)c1. The molecule has 16 heteroatoms. The molecular weight excluding hydrogens is 648 g/mol. The van der Waals surface area contributed by atoms with Gasteiger partial charge in [0.05, 0.1) is 23.5 Å². The van der Waals surface area contributed by atoms with E-state index < -0.39 is 21.6 Å². The smallest absolute Gasteiger partial charge is 0.471 e. The van der Waals surface area contributed by atoms with Gasteiger partial charge in [0.25, 0.3) is 15.9 Å². The average molecular weight is 685 g/mol. The summed E-state index contributed by atoms with van der Waals surface area (Å²) in [6.07, 6.45) is 0.0607. The lowest BCUT2D eigenvalue weighted by Gasteiger charge is -2.19. The number of carbonyl (C=O) groups is 1. The third-order valence-corrected chi connectivity index (χ3v) is 7.81. The van der Waals surface area contributed by atoms with Crippen molar-refractivity contribution in [2.75, 3.05) is 25.0 Å². The lowest BCUT2D eigenvalue weighted by molar-refractivity contribution is -0.497. The molecule has 0 aliphatic heterocycles. The van der Waals surface area contributed by atoms with Crippen molar-refractivity contribution in [2.24, 2.45) is 0 Å². The van der Waals surface area contributed by atoms with Crippen molar-refractivity contribution in [1.82, 2.24) is 15.4 Å². The van der Waals surface area contributed by atoms with Crippen LogP contribution in [0, 0.1) is 0 Å². The first-order valence-electron chi connectivity index (χ1n) is 14.5. The van der Waals surface area contributed by atoms with Gasteiger partial charge in [-0.3, -0.25) is 15.1 Å². The topological polar surface area (TPSA) is 188 Å². The molecule has 48 heavy (non-hydrogen) atoms. The first-order chi connectivity index (χ1) is 22.8. The Labute approximate surface area is 277 Å². The Morgan fingerprint density at radius 3 is 2.23 bits per heavy atom. The molecular formula is C32H36N4O11S. The van der Waals surface area contributed by atoms with E-state index in [0.717, 1.165) is 17.5 Å². The fourth-order valence-corrected chi connectivity index (χ4v) is 5.16. The quantitative estimate of drug-likeness (QED) is 0.0606. The van der Waals surface area contributed by atoms with Gasteiger partial charge in [-0.05, 0) is 58.5 Å². The Kier molecular flexibility index (Phi) is 12.2. The highest BCUT2D eigenvalue weighted by atomic mass is 32.2. The molecule has 0 bridgehead atoms. The number of methoxy groups -OCH3 is 1. The minimum atomic E-state index is -4.12. The van der Waals surface area contributed by atoms with E-state index in [4.69, 9.17) is 34.1 Å². The molecule has 0 radical (unpaired) electrons. The summed E-state index contributed by atoms with van der Waals surface area (Å²) in [5.41, 5.74) is 2.07. The number of nitrogens with one attached hydrogen (secondary N) is 1. The minimum Gasteiger partial charge on any atom is -0.471 e. The molecule has 15 nitrogen and oxygen atoms in total. The fraction of sp³-hybridized carbons (Fsp3) is 0.281. The second-order valence-corrected chi connectivity index (χ2v) is 12.8. The number of aromatic nitrogens is 2. The van der Waals surface area contributed by atoms with E-state index in [1.807, 2.05) is 26.8 Å². The highest BCUT2D eigenvalue weighted by molar-refractivity contribution is 7.92. The number of nitrogens with zero attached hydrogens (tertiary/aromatic N) is 3. The monoisotopic (exact) mass is 684 g/mol. The molecule has 0 fully saturated rings. The van der Waals surface area contributed by atoms with Crippen molar-refractivity contribution in [3.8, 4) is 23.1 Å². The summed E-state index contributed by atoms with van der Waals surface area (Å²) in [5.74, 6) is 0.00275. The predicted octanol–water partition coefficient (Wildman–Crippen LogP) is 5.62. The molecule has 1 aromatic heterocycles. The van der Waals surface area contributed by atoms with Crippen LogP contribution in [0.2, 0.25) is 0 Å². The number of benzene rings is 3. The van der Waals surface area contributed by atoms with Crippen LogP contribution in [0.25, 0.3) is 0 Å². The summed E-state index contributed by atoms with van der Waals surface area (Å²) >= 11 is 0. The standard InChI is InChI=1S/C32H36N4O11S/c1-32(2,3)24-11-13-27(14-12-24)48(40,41)35-29-28(46-25-9-5-7-22(17-25)19-42-4)30(34-21-33-29)43-15-16-44-31(37)47-26-10-6-8-23(18-26)20-45-36(38)39/h5-14,17-18,21,38-39H,15-16,19-20H2,1-4H3,(H,33,34,35). The summed E-state index contributed by atoms with van der Waals surface area (Å²) in [6, 6.07) is 19.6. The normalized spacial score (nSPS) is 11.6. The molecule has 4 aromatic rings. The van der Waals surface area contributed by atoms with E-state index in [-0.39, 0.29) is 53.3 Å². The zero-order valence-corrected chi connectivity index (χ0v) is 27.5. The molecule has 1 heterocycles. The maximum Gasteiger partial charge on any atom is 0.513 e. The number of sulfonamides is 1. The van der Waals surface area contributed by atoms with Crippen molar-refractivity contribution in [2.45, 2.75) is 44.3 Å². The van der Waals surface area contributed by atoms with E-state index in [2.05, 4.69) is 19.5 Å². The second-order valence-electron chi connectivity index (χ2n) is 11.1. The van der Waals surface area contributed by atoms with Crippen LogP contribution < -0.4 is 18.9 Å². The largest absolute Gasteiger partial charge is 0.513 e. The van der Waals surface area contributed by atoms with Crippen LogP contribution in [0.4, 0.5) is 10.6 Å². The van der Waals surface area contributed by atoms with Crippen molar-refractivity contribution in [3.63, 3.8) is 0 Å². The first kappa shape index (κ1) is 36.0. The Morgan fingerprint density at radius 2 is 1.56 bits per heavy atom. The third kappa shape index (κ3) is 10.6. The zero-order chi connectivity index (χ0) is 34.7. The fourth-order valence-electron chi connectivity index (χ4n) is 4.15. The highest BCUT2D eigenvalue weighted by Crippen LogP contribution is 2.37. The molecule has 0 spiro atoms. The van der Waals surface area contributed by atoms with Gasteiger partial charge >= 0.3 is 6.16 Å². The summed E-state index contributed by atoms with van der Waals surface area (Å²) in [7, 11) is -2.56. The van der Waals surface area contributed by atoms with E-state index >= 15 is 0 Å². The molecule has 4 rings (SSSR count). The van der Waals surface area contributed by atoms with Crippen molar-refractivity contribution in [3.05, 3.63) is 95.8 Å². The summed E-state index contributed by atoms with van der Waals surface area (Å²) in [6.45, 7) is 5.69. The van der Waals surface area contributed by atoms with Crippen molar-refractivity contribution >= 4 is 22.0 Å². The van der Waals surface area contributed by atoms with Crippen LogP contribution >= 0.6 is 0 Å². The molecule has 0 aliphatic carbocycles. The van der Waals surface area contributed by atoms with Gasteiger partial charge in [-0.1, -0.05) is 57.2 Å². The summed E-state index contributed by atoms with van der Waals surface area (Å²) in [4.78, 5) is 25.0. The van der Waals surface area contributed by atoms with E-state index in [9.17, 15) is 13.2 Å². The minimum absolute atomic E-state index is 0.0124.